The number of nitrogens with zero attached hydrogens (tertiary/aromatic N) is 1. The second-order valence-electron chi connectivity index (χ2n) is 4.17. The van der Waals surface area contributed by atoms with Gasteiger partial charge in [-0.15, -0.1) is 11.8 Å². The first-order valence-electron chi connectivity index (χ1n) is 6.02. The molecule has 0 aliphatic rings. The molecule has 0 spiro atoms. The van der Waals surface area contributed by atoms with Crippen LogP contribution in [0.1, 0.15) is 5.56 Å². The molecule has 0 radical (unpaired) electrons. The Bertz CT molecular complexity index is 511. The molecule has 0 aromatic heterocycles. The summed E-state index contributed by atoms with van der Waals surface area (Å²) in [6, 6.07) is 16.2. The van der Waals surface area contributed by atoms with Crippen molar-refractivity contribution < 1.29 is 4.74 Å². The Morgan fingerprint density at radius 1 is 1.05 bits per heavy atom. The van der Waals surface area contributed by atoms with Crippen LogP contribution in [0.2, 0.25) is 0 Å². The van der Waals surface area contributed by atoms with Crippen LogP contribution in [-0.2, 0) is 6.54 Å². The summed E-state index contributed by atoms with van der Waals surface area (Å²) in [5.41, 5.74) is 2.16. The molecule has 0 atom stereocenters. The lowest BCUT2D eigenvalue weighted by atomic mass is 10.2. The van der Waals surface area contributed by atoms with Crippen LogP contribution in [0.4, 0.5) is 5.69 Å². The van der Waals surface area contributed by atoms with E-state index < -0.39 is 0 Å². The highest BCUT2D eigenvalue weighted by Gasteiger charge is 2.03. The molecule has 100 valence electrons. The third kappa shape index (κ3) is 3.66. The minimum atomic E-state index is 0.682. The molecule has 0 saturated carbocycles. The van der Waals surface area contributed by atoms with E-state index in [2.05, 4.69) is 30.5 Å². The van der Waals surface area contributed by atoms with Gasteiger partial charge in [0.1, 0.15) is 5.75 Å². The summed E-state index contributed by atoms with van der Waals surface area (Å²) in [6.07, 6.45) is 2.07. The van der Waals surface area contributed by atoms with Gasteiger partial charge in [-0.05, 0) is 48.2 Å². The van der Waals surface area contributed by atoms with Gasteiger partial charge >= 0.3 is 0 Å². The second-order valence-corrected chi connectivity index (χ2v) is 5.05. The van der Waals surface area contributed by atoms with Crippen molar-refractivity contribution >= 4 is 17.4 Å². The molecule has 0 saturated heterocycles. The fourth-order valence-electron chi connectivity index (χ4n) is 1.79. The largest absolute Gasteiger partial charge is 0.497 e. The van der Waals surface area contributed by atoms with E-state index in [1.807, 2.05) is 24.3 Å². The van der Waals surface area contributed by atoms with E-state index >= 15 is 0 Å². The Morgan fingerprint density at radius 3 is 2.21 bits per heavy atom. The molecule has 0 amide bonds. The zero-order valence-corrected chi connectivity index (χ0v) is 12.0. The first kappa shape index (κ1) is 13.8. The maximum absolute atomic E-state index is 6.08. The van der Waals surface area contributed by atoms with Gasteiger partial charge in [-0.25, -0.2) is 5.84 Å². The number of thioether (sulfide) groups is 1. The predicted octanol–water partition coefficient (Wildman–Crippen LogP) is 3.30. The van der Waals surface area contributed by atoms with Gasteiger partial charge in [0.2, 0.25) is 0 Å². The van der Waals surface area contributed by atoms with Gasteiger partial charge in [0.15, 0.2) is 0 Å². The van der Waals surface area contributed by atoms with Gasteiger partial charge in [0.05, 0.1) is 19.3 Å². The van der Waals surface area contributed by atoms with E-state index in [0.717, 1.165) is 11.4 Å². The van der Waals surface area contributed by atoms with Gasteiger partial charge in [-0.2, -0.15) is 0 Å². The molecule has 2 N–H and O–H groups in total. The van der Waals surface area contributed by atoms with E-state index in [0.29, 0.717) is 6.54 Å². The molecule has 2 aromatic carbocycles. The first-order valence-corrected chi connectivity index (χ1v) is 7.24. The van der Waals surface area contributed by atoms with Crippen molar-refractivity contribution in [2.45, 2.75) is 11.4 Å². The highest BCUT2D eigenvalue weighted by atomic mass is 32.2. The zero-order valence-electron chi connectivity index (χ0n) is 11.2. The first-order chi connectivity index (χ1) is 9.22. The van der Waals surface area contributed by atoms with Crippen molar-refractivity contribution in [1.82, 2.24) is 0 Å². The summed E-state index contributed by atoms with van der Waals surface area (Å²) in [6.45, 7) is 0.682. The quantitative estimate of drug-likeness (QED) is 0.516. The van der Waals surface area contributed by atoms with E-state index in [9.17, 15) is 0 Å². The second kappa shape index (κ2) is 6.50. The summed E-state index contributed by atoms with van der Waals surface area (Å²) in [5.74, 6) is 6.91. The highest BCUT2D eigenvalue weighted by Crippen LogP contribution is 2.20. The molecule has 0 aliphatic carbocycles. The van der Waals surface area contributed by atoms with Crippen molar-refractivity contribution in [3.63, 3.8) is 0 Å². The number of benzene rings is 2. The minimum Gasteiger partial charge on any atom is -0.497 e. The summed E-state index contributed by atoms with van der Waals surface area (Å²) < 4.78 is 5.13. The number of methoxy groups -OCH3 is 1. The topological polar surface area (TPSA) is 38.5 Å². The molecule has 2 rings (SSSR count). The van der Waals surface area contributed by atoms with E-state index in [-0.39, 0.29) is 0 Å². The Labute approximate surface area is 118 Å². The summed E-state index contributed by atoms with van der Waals surface area (Å²) in [5, 5.41) is 1.73. The van der Waals surface area contributed by atoms with Crippen LogP contribution < -0.4 is 15.6 Å². The highest BCUT2D eigenvalue weighted by molar-refractivity contribution is 7.98. The molecule has 19 heavy (non-hydrogen) atoms. The Morgan fingerprint density at radius 2 is 1.68 bits per heavy atom. The van der Waals surface area contributed by atoms with Gasteiger partial charge in [-0.1, -0.05) is 12.1 Å². The van der Waals surface area contributed by atoms with Gasteiger partial charge in [0, 0.05) is 4.90 Å². The third-order valence-electron chi connectivity index (χ3n) is 2.92. The number of hydrogen-bond acceptors (Lipinski definition) is 4. The Hall–Kier alpha value is -1.65. The van der Waals surface area contributed by atoms with Gasteiger partial charge in [-0.3, -0.25) is 0 Å². The predicted molar refractivity (Wildman–Crippen MR) is 81.6 cm³/mol. The smallest absolute Gasteiger partial charge is 0.119 e. The van der Waals surface area contributed by atoms with E-state index in [1.54, 1.807) is 23.9 Å². The SMILES string of the molecule is COc1ccc(N(N)Cc2ccc(SC)cc2)cc1. The minimum absolute atomic E-state index is 0.682. The van der Waals surface area contributed by atoms with Gasteiger partial charge < -0.3 is 9.75 Å². The van der Waals surface area contributed by atoms with Crippen LogP contribution in [0.5, 0.6) is 5.75 Å². The van der Waals surface area contributed by atoms with Crippen molar-refractivity contribution in [3.05, 3.63) is 54.1 Å². The Kier molecular flexibility index (Phi) is 4.71. The maximum atomic E-state index is 6.08. The molecule has 0 unspecified atom stereocenters. The fraction of sp³-hybridized carbons (Fsp3) is 0.200. The normalized spacial score (nSPS) is 10.3. The number of nitrogens with two attached hydrogens (primary N) is 1. The summed E-state index contributed by atoms with van der Waals surface area (Å²) in [4.78, 5) is 1.26. The molecular weight excluding hydrogens is 256 g/mol. The lowest BCUT2D eigenvalue weighted by Gasteiger charge is -2.19. The molecule has 0 aliphatic heterocycles. The number of hydrogen-bond donors (Lipinski definition) is 1. The molecule has 0 fully saturated rings. The number of ether oxygens (including phenoxy) is 1. The molecule has 0 heterocycles. The van der Waals surface area contributed by atoms with Crippen LogP contribution in [-0.4, -0.2) is 13.4 Å². The van der Waals surface area contributed by atoms with Crippen LogP contribution >= 0.6 is 11.8 Å². The average molecular weight is 274 g/mol. The number of rotatable bonds is 5. The monoisotopic (exact) mass is 274 g/mol. The van der Waals surface area contributed by atoms with Crippen molar-refractivity contribution in [2.24, 2.45) is 5.84 Å². The van der Waals surface area contributed by atoms with Crippen molar-refractivity contribution in [1.29, 1.82) is 0 Å². The van der Waals surface area contributed by atoms with E-state index in [1.165, 1.54) is 10.5 Å². The van der Waals surface area contributed by atoms with E-state index in [4.69, 9.17) is 10.6 Å². The maximum Gasteiger partial charge on any atom is 0.119 e. The lowest BCUT2D eigenvalue weighted by Crippen LogP contribution is -2.29. The summed E-state index contributed by atoms with van der Waals surface area (Å²) in [7, 11) is 1.66. The molecule has 0 bridgehead atoms. The lowest BCUT2D eigenvalue weighted by molar-refractivity contribution is 0.415. The zero-order chi connectivity index (χ0) is 13.7. The molecule has 3 nitrogen and oxygen atoms in total. The van der Waals surface area contributed by atoms with Crippen LogP contribution in [0.15, 0.2) is 53.4 Å². The number of hydrazine groups is 1. The van der Waals surface area contributed by atoms with Crippen LogP contribution in [0.25, 0.3) is 0 Å². The van der Waals surface area contributed by atoms with Crippen molar-refractivity contribution in [2.75, 3.05) is 18.4 Å². The van der Waals surface area contributed by atoms with Gasteiger partial charge in [0.25, 0.3) is 0 Å². The number of anilines is 1. The fourth-order valence-corrected chi connectivity index (χ4v) is 2.20. The molecular formula is C15H18N2OS. The average Bonchev–Trinajstić information content (AvgIpc) is 2.48. The molecule has 2 aromatic rings. The Balaban J connectivity index is 2.04. The van der Waals surface area contributed by atoms with Crippen LogP contribution in [0, 0.1) is 0 Å². The third-order valence-corrected chi connectivity index (χ3v) is 3.66. The van der Waals surface area contributed by atoms with Crippen molar-refractivity contribution in [3.8, 4) is 5.75 Å². The standard InChI is InChI=1S/C15H18N2OS/c1-18-14-7-5-13(6-8-14)17(16)11-12-3-9-15(19-2)10-4-12/h3-10H,11,16H2,1-2H3. The molecule has 4 heteroatoms. The summed E-state index contributed by atoms with van der Waals surface area (Å²) >= 11 is 1.74. The van der Waals surface area contributed by atoms with Crippen LogP contribution in [0.3, 0.4) is 0 Å².